The Bertz CT molecular complexity index is 825. The Hall–Kier alpha value is -2.97. The van der Waals surface area contributed by atoms with Crippen LogP contribution < -0.4 is 15.4 Å². The lowest BCUT2D eigenvalue weighted by Crippen LogP contribution is -2.14. The van der Waals surface area contributed by atoms with Crippen LogP contribution in [-0.2, 0) is 4.79 Å². The van der Waals surface area contributed by atoms with Gasteiger partial charge < -0.3 is 15.4 Å². The van der Waals surface area contributed by atoms with Crippen LogP contribution in [0.2, 0.25) is 5.02 Å². The maximum atomic E-state index is 12.2. The van der Waals surface area contributed by atoms with Gasteiger partial charge in [0.25, 0.3) is 5.91 Å². The van der Waals surface area contributed by atoms with E-state index >= 15 is 0 Å². The predicted molar refractivity (Wildman–Crippen MR) is 95.1 cm³/mol. The van der Waals surface area contributed by atoms with Crippen LogP contribution in [0, 0.1) is 18.3 Å². The molecule has 0 aliphatic carbocycles. The largest absolute Gasteiger partial charge is 0.495 e. The number of hydrogen-bond donors (Lipinski definition) is 2. The van der Waals surface area contributed by atoms with Crippen LogP contribution in [-0.4, -0.2) is 13.0 Å². The third-order valence-corrected chi connectivity index (χ3v) is 3.68. The second-order valence-corrected chi connectivity index (χ2v) is 5.34. The number of carbonyl (C=O) groups is 1. The summed E-state index contributed by atoms with van der Waals surface area (Å²) in [6.45, 7) is 1.87. The average molecular weight is 342 g/mol. The lowest BCUT2D eigenvalue weighted by molar-refractivity contribution is -0.112. The van der Waals surface area contributed by atoms with Gasteiger partial charge in [0.15, 0.2) is 0 Å². The number of nitrogens with zero attached hydrogens (tertiary/aromatic N) is 1. The van der Waals surface area contributed by atoms with Gasteiger partial charge in [-0.25, -0.2) is 0 Å². The van der Waals surface area contributed by atoms with Gasteiger partial charge in [-0.2, -0.15) is 5.26 Å². The maximum absolute atomic E-state index is 12.2. The van der Waals surface area contributed by atoms with Crippen molar-refractivity contribution in [3.8, 4) is 11.8 Å². The number of amides is 1. The first-order chi connectivity index (χ1) is 11.5. The molecule has 1 amide bonds. The lowest BCUT2D eigenvalue weighted by Gasteiger charge is -2.09. The molecule has 2 aromatic rings. The summed E-state index contributed by atoms with van der Waals surface area (Å²) in [6, 6.07) is 14.2. The minimum absolute atomic E-state index is 0.0717. The zero-order chi connectivity index (χ0) is 17.5. The molecule has 2 N–H and O–H groups in total. The minimum Gasteiger partial charge on any atom is -0.495 e. The van der Waals surface area contributed by atoms with E-state index in [1.165, 1.54) is 6.20 Å². The van der Waals surface area contributed by atoms with E-state index in [0.717, 1.165) is 5.56 Å². The summed E-state index contributed by atoms with van der Waals surface area (Å²) in [5.74, 6) is 0.0802. The number of aryl methyl sites for hydroxylation is 1. The Balaban J connectivity index is 2.13. The Kier molecular flexibility index (Phi) is 5.83. The molecule has 0 saturated carbocycles. The van der Waals surface area contributed by atoms with E-state index in [1.807, 2.05) is 25.1 Å². The van der Waals surface area contributed by atoms with Gasteiger partial charge in [0.1, 0.15) is 17.4 Å². The van der Waals surface area contributed by atoms with Crippen molar-refractivity contribution >= 4 is 28.9 Å². The number of anilines is 2. The summed E-state index contributed by atoms with van der Waals surface area (Å²) in [7, 11) is 1.54. The molecule has 6 heteroatoms. The molecule has 2 rings (SSSR count). The molecule has 0 atom stereocenters. The van der Waals surface area contributed by atoms with Gasteiger partial charge in [-0.1, -0.05) is 29.8 Å². The number of ether oxygens (including phenoxy) is 1. The van der Waals surface area contributed by atoms with Crippen molar-refractivity contribution in [3.63, 3.8) is 0 Å². The Morgan fingerprint density at radius 2 is 2.04 bits per heavy atom. The van der Waals surface area contributed by atoms with Crippen molar-refractivity contribution in [2.75, 3.05) is 17.7 Å². The molecule has 122 valence electrons. The van der Waals surface area contributed by atoms with Crippen molar-refractivity contribution in [3.05, 3.63) is 64.8 Å². The topological polar surface area (TPSA) is 74.1 Å². The van der Waals surface area contributed by atoms with E-state index < -0.39 is 5.91 Å². The highest BCUT2D eigenvalue weighted by atomic mass is 35.5. The molecule has 0 bridgehead atoms. The van der Waals surface area contributed by atoms with E-state index in [9.17, 15) is 10.1 Å². The molecular formula is C18H16ClN3O2. The Morgan fingerprint density at radius 3 is 2.71 bits per heavy atom. The molecule has 0 aliphatic heterocycles. The number of rotatable bonds is 5. The molecule has 0 heterocycles. The summed E-state index contributed by atoms with van der Waals surface area (Å²) < 4.78 is 5.20. The van der Waals surface area contributed by atoms with Crippen LogP contribution in [0.15, 0.2) is 54.2 Å². The standard InChI is InChI=1S/C18H16ClN3O2/c1-12-7-8-14(9-15(12)19)22-18(23)13(10-20)11-21-16-5-3-4-6-17(16)24-2/h3-9,11,21H,1-2H3,(H,22,23)/b13-11-. The van der Waals surface area contributed by atoms with Crippen LogP contribution in [0.4, 0.5) is 11.4 Å². The number of methoxy groups -OCH3 is 1. The van der Waals surface area contributed by atoms with Crippen LogP contribution in [0.5, 0.6) is 5.75 Å². The summed E-state index contributed by atoms with van der Waals surface area (Å²) in [5, 5.41) is 15.3. The van der Waals surface area contributed by atoms with Crippen LogP contribution in [0.3, 0.4) is 0 Å². The van der Waals surface area contributed by atoms with Gasteiger partial charge in [0.2, 0.25) is 0 Å². The minimum atomic E-state index is -0.528. The van der Waals surface area contributed by atoms with Crippen molar-refractivity contribution in [1.82, 2.24) is 0 Å². The van der Waals surface area contributed by atoms with Crippen molar-refractivity contribution in [2.45, 2.75) is 6.92 Å². The summed E-state index contributed by atoms with van der Waals surface area (Å²) in [5.41, 5.74) is 2.01. The first-order valence-electron chi connectivity index (χ1n) is 7.12. The third kappa shape index (κ3) is 4.28. The van der Waals surface area contributed by atoms with Gasteiger partial charge in [-0.05, 0) is 36.8 Å². The fourth-order valence-electron chi connectivity index (χ4n) is 1.93. The number of nitrogens with one attached hydrogen (secondary N) is 2. The van der Waals surface area contributed by atoms with Gasteiger partial charge >= 0.3 is 0 Å². The van der Waals surface area contributed by atoms with Gasteiger partial charge in [-0.3, -0.25) is 4.79 Å². The highest BCUT2D eigenvalue weighted by Crippen LogP contribution is 2.23. The Morgan fingerprint density at radius 1 is 1.29 bits per heavy atom. The zero-order valence-electron chi connectivity index (χ0n) is 13.3. The SMILES string of the molecule is COc1ccccc1N/C=C(/C#N)C(=O)Nc1ccc(C)c(Cl)c1. The number of halogens is 1. The first kappa shape index (κ1) is 17.4. The molecule has 0 aromatic heterocycles. The number of carbonyl (C=O) groups excluding carboxylic acids is 1. The summed E-state index contributed by atoms with van der Waals surface area (Å²) in [6.07, 6.45) is 1.34. The molecule has 0 spiro atoms. The normalized spacial score (nSPS) is 10.7. The van der Waals surface area contributed by atoms with Crippen molar-refractivity contribution in [2.24, 2.45) is 0 Å². The lowest BCUT2D eigenvalue weighted by atomic mass is 10.2. The smallest absolute Gasteiger partial charge is 0.267 e. The summed E-state index contributed by atoms with van der Waals surface area (Å²) in [4.78, 5) is 12.2. The second-order valence-electron chi connectivity index (χ2n) is 4.93. The quantitative estimate of drug-likeness (QED) is 0.634. The predicted octanol–water partition coefficient (Wildman–Crippen LogP) is 4.12. The monoisotopic (exact) mass is 341 g/mol. The van der Waals surface area contributed by atoms with E-state index in [-0.39, 0.29) is 5.57 Å². The third-order valence-electron chi connectivity index (χ3n) is 3.27. The molecule has 0 aliphatic rings. The molecular weight excluding hydrogens is 326 g/mol. The van der Waals surface area contributed by atoms with Gasteiger partial charge in [0, 0.05) is 16.9 Å². The summed E-state index contributed by atoms with van der Waals surface area (Å²) >= 11 is 6.03. The molecule has 24 heavy (non-hydrogen) atoms. The molecule has 5 nitrogen and oxygen atoms in total. The molecule has 0 saturated heterocycles. The van der Waals surface area contributed by atoms with Gasteiger partial charge in [-0.15, -0.1) is 0 Å². The van der Waals surface area contributed by atoms with Crippen molar-refractivity contribution < 1.29 is 9.53 Å². The fourth-order valence-corrected chi connectivity index (χ4v) is 2.11. The maximum Gasteiger partial charge on any atom is 0.267 e. The molecule has 0 radical (unpaired) electrons. The zero-order valence-corrected chi connectivity index (χ0v) is 14.0. The molecule has 0 fully saturated rings. The Labute approximate surface area is 145 Å². The van der Waals surface area contributed by atoms with Gasteiger partial charge in [0.05, 0.1) is 12.8 Å². The second kappa shape index (κ2) is 8.04. The van der Waals surface area contributed by atoms with E-state index in [4.69, 9.17) is 16.3 Å². The highest BCUT2D eigenvalue weighted by Gasteiger charge is 2.10. The van der Waals surface area contributed by atoms with E-state index in [0.29, 0.717) is 22.1 Å². The molecule has 2 aromatic carbocycles. The number of para-hydroxylation sites is 2. The van der Waals surface area contributed by atoms with Crippen molar-refractivity contribution in [1.29, 1.82) is 5.26 Å². The van der Waals surface area contributed by atoms with E-state index in [1.54, 1.807) is 37.4 Å². The number of hydrogen-bond acceptors (Lipinski definition) is 4. The average Bonchev–Trinajstić information content (AvgIpc) is 2.59. The highest BCUT2D eigenvalue weighted by molar-refractivity contribution is 6.31. The van der Waals surface area contributed by atoms with Crippen LogP contribution >= 0.6 is 11.6 Å². The first-order valence-corrected chi connectivity index (χ1v) is 7.50. The molecule has 0 unspecified atom stereocenters. The number of benzene rings is 2. The number of nitriles is 1. The van der Waals surface area contributed by atoms with Crippen LogP contribution in [0.25, 0.3) is 0 Å². The van der Waals surface area contributed by atoms with Crippen LogP contribution in [0.1, 0.15) is 5.56 Å². The fraction of sp³-hybridized carbons (Fsp3) is 0.111. The van der Waals surface area contributed by atoms with E-state index in [2.05, 4.69) is 10.6 Å².